The van der Waals surface area contributed by atoms with E-state index in [1.165, 1.54) is 13.2 Å². The quantitative estimate of drug-likeness (QED) is 0.250. The van der Waals surface area contributed by atoms with E-state index in [1.54, 1.807) is 39.1 Å². The number of amides is 2. The molecule has 0 aliphatic heterocycles. The molecule has 2 aromatic rings. The van der Waals surface area contributed by atoms with Crippen LogP contribution in [0.25, 0.3) is 11.3 Å². The zero-order valence-electron chi connectivity index (χ0n) is 22.9. The maximum absolute atomic E-state index is 11.8. The fraction of sp³-hybridized carbons (Fsp3) is 0.500. The summed E-state index contributed by atoms with van der Waals surface area (Å²) in [7, 11) is 0.0558. The van der Waals surface area contributed by atoms with Crippen LogP contribution in [0.3, 0.4) is 0 Å². The van der Waals surface area contributed by atoms with Gasteiger partial charge in [0, 0.05) is 50.8 Å². The lowest BCUT2D eigenvalue weighted by atomic mass is 10.1. The molecular weight excluding hydrogens is 492 g/mol. The number of methoxy groups -OCH3 is 1. The standard InChI is InChI=1S/C26H40N4O6Si/c1-26(2,3)36-24(32)27-13-9-8-10-23-29-21(17-30(23)18-35-14-15-37(5,6)7)20-12-11-19(16-22(20)31)28-25(33)34-4/h9,11-13,16-17,31H,8,10,14-15,18H2,1-7H3,(H,27,32)(H,28,33)/b13-9+. The van der Waals surface area contributed by atoms with Gasteiger partial charge in [-0.25, -0.2) is 14.6 Å². The van der Waals surface area contributed by atoms with Gasteiger partial charge in [-0.05, 0) is 45.4 Å². The number of imidazole rings is 1. The van der Waals surface area contributed by atoms with Gasteiger partial charge in [0.2, 0.25) is 0 Å². The van der Waals surface area contributed by atoms with Gasteiger partial charge < -0.3 is 23.9 Å². The van der Waals surface area contributed by atoms with Gasteiger partial charge in [0.1, 0.15) is 23.9 Å². The topological polar surface area (TPSA) is 124 Å². The van der Waals surface area contributed by atoms with Gasteiger partial charge >= 0.3 is 12.2 Å². The molecule has 0 saturated carbocycles. The minimum atomic E-state index is -1.21. The molecule has 1 aromatic carbocycles. The lowest BCUT2D eigenvalue weighted by molar-refractivity contribution is 0.0552. The Labute approximate surface area is 220 Å². The first-order valence-electron chi connectivity index (χ1n) is 12.2. The smallest absolute Gasteiger partial charge is 0.411 e. The van der Waals surface area contributed by atoms with Gasteiger partial charge in [-0.2, -0.15) is 0 Å². The zero-order valence-corrected chi connectivity index (χ0v) is 23.9. The number of aromatic nitrogens is 2. The van der Waals surface area contributed by atoms with Crippen LogP contribution in [0.15, 0.2) is 36.7 Å². The lowest BCUT2D eigenvalue weighted by Gasteiger charge is -2.18. The largest absolute Gasteiger partial charge is 0.507 e. The van der Waals surface area contributed by atoms with Crippen molar-refractivity contribution in [1.82, 2.24) is 14.9 Å². The van der Waals surface area contributed by atoms with Crippen LogP contribution >= 0.6 is 0 Å². The van der Waals surface area contributed by atoms with E-state index in [-0.39, 0.29) is 5.75 Å². The molecule has 0 radical (unpaired) electrons. The van der Waals surface area contributed by atoms with E-state index < -0.39 is 25.9 Å². The molecule has 0 spiro atoms. The molecule has 0 saturated heterocycles. The average Bonchev–Trinajstić information content (AvgIpc) is 3.17. The summed E-state index contributed by atoms with van der Waals surface area (Å²) in [4.78, 5) is 28.0. The zero-order chi connectivity index (χ0) is 27.6. The Morgan fingerprint density at radius 1 is 1.19 bits per heavy atom. The van der Waals surface area contributed by atoms with Crippen molar-refractivity contribution in [2.45, 2.75) is 71.6 Å². The number of phenolic OH excluding ortho intramolecular Hbond substituents is 1. The first-order chi connectivity index (χ1) is 17.3. The van der Waals surface area contributed by atoms with Crippen molar-refractivity contribution in [1.29, 1.82) is 0 Å². The number of carbonyl (C=O) groups excluding carboxylic acids is 2. The third-order valence-electron chi connectivity index (χ3n) is 5.04. The highest BCUT2D eigenvalue weighted by Crippen LogP contribution is 2.31. The molecule has 0 fully saturated rings. The number of carbonyl (C=O) groups is 2. The summed E-state index contributed by atoms with van der Waals surface area (Å²) in [6.45, 7) is 13.3. The lowest BCUT2D eigenvalue weighted by Crippen LogP contribution is -2.29. The minimum Gasteiger partial charge on any atom is -0.507 e. The molecule has 3 N–H and O–H groups in total. The highest BCUT2D eigenvalue weighted by atomic mass is 28.3. The van der Waals surface area contributed by atoms with Gasteiger partial charge in [-0.3, -0.25) is 10.6 Å². The van der Waals surface area contributed by atoms with Crippen molar-refractivity contribution in [3.63, 3.8) is 0 Å². The fourth-order valence-electron chi connectivity index (χ4n) is 3.16. The Morgan fingerprint density at radius 2 is 1.92 bits per heavy atom. The van der Waals surface area contributed by atoms with Gasteiger partial charge in [0.15, 0.2) is 0 Å². The average molecular weight is 533 g/mol. The molecular formula is C26H40N4O6Si. The predicted molar refractivity (Wildman–Crippen MR) is 146 cm³/mol. The molecule has 0 bridgehead atoms. The first kappa shape index (κ1) is 29.9. The number of allylic oxidation sites excluding steroid dienone is 1. The molecule has 204 valence electrons. The monoisotopic (exact) mass is 532 g/mol. The van der Waals surface area contributed by atoms with Crippen LogP contribution in [0.2, 0.25) is 25.7 Å². The number of aryl methyl sites for hydroxylation is 1. The third kappa shape index (κ3) is 11.1. The van der Waals surface area contributed by atoms with E-state index in [1.807, 2.05) is 16.8 Å². The van der Waals surface area contributed by atoms with E-state index in [2.05, 4.69) is 35.0 Å². The van der Waals surface area contributed by atoms with Crippen molar-refractivity contribution in [3.8, 4) is 17.0 Å². The normalized spacial score (nSPS) is 12.0. The Hall–Kier alpha value is -3.31. The number of anilines is 1. The number of nitrogens with zero attached hydrogens (tertiary/aromatic N) is 2. The number of ether oxygens (including phenoxy) is 3. The molecule has 0 unspecified atom stereocenters. The maximum Gasteiger partial charge on any atom is 0.411 e. The Balaban J connectivity index is 2.13. The van der Waals surface area contributed by atoms with Crippen LogP contribution in [0.4, 0.5) is 15.3 Å². The number of hydrogen-bond donors (Lipinski definition) is 3. The summed E-state index contributed by atoms with van der Waals surface area (Å²) in [6, 6.07) is 5.85. The van der Waals surface area contributed by atoms with Crippen molar-refractivity contribution in [3.05, 3.63) is 42.5 Å². The molecule has 2 rings (SSSR count). The van der Waals surface area contributed by atoms with E-state index in [9.17, 15) is 14.7 Å². The Morgan fingerprint density at radius 3 is 2.54 bits per heavy atom. The number of aromatic hydroxyl groups is 1. The number of phenols is 1. The molecule has 1 aromatic heterocycles. The molecule has 2 amide bonds. The Kier molecular flexibility index (Phi) is 10.7. The number of hydrogen-bond acceptors (Lipinski definition) is 7. The second-order valence-electron chi connectivity index (χ2n) is 10.8. The number of alkyl carbamates (subject to hydrolysis) is 1. The molecule has 1 heterocycles. The minimum absolute atomic E-state index is 0.0220. The second kappa shape index (κ2) is 13.3. The molecule has 0 atom stereocenters. The molecule has 37 heavy (non-hydrogen) atoms. The van der Waals surface area contributed by atoms with Gasteiger partial charge in [-0.15, -0.1) is 0 Å². The van der Waals surface area contributed by atoms with Crippen molar-refractivity contribution in [2.24, 2.45) is 0 Å². The third-order valence-corrected chi connectivity index (χ3v) is 6.75. The van der Waals surface area contributed by atoms with Crippen molar-refractivity contribution in [2.75, 3.05) is 19.0 Å². The second-order valence-corrected chi connectivity index (χ2v) is 16.4. The van der Waals surface area contributed by atoms with Crippen LogP contribution in [0, 0.1) is 0 Å². The van der Waals surface area contributed by atoms with Gasteiger partial charge in [0.25, 0.3) is 0 Å². The van der Waals surface area contributed by atoms with Crippen molar-refractivity contribution >= 4 is 25.9 Å². The summed E-state index contributed by atoms with van der Waals surface area (Å²) in [6.07, 6.45) is 5.31. The molecule has 10 nitrogen and oxygen atoms in total. The summed E-state index contributed by atoms with van der Waals surface area (Å²) in [5, 5.41) is 15.7. The van der Waals surface area contributed by atoms with Gasteiger partial charge in [0.05, 0.1) is 12.8 Å². The summed E-state index contributed by atoms with van der Waals surface area (Å²) in [5.74, 6) is 0.757. The number of nitrogens with one attached hydrogen (secondary N) is 2. The predicted octanol–water partition coefficient (Wildman–Crippen LogP) is 5.72. The highest BCUT2D eigenvalue weighted by Gasteiger charge is 2.16. The van der Waals surface area contributed by atoms with E-state index in [4.69, 9.17) is 14.5 Å². The van der Waals surface area contributed by atoms with Crippen molar-refractivity contribution < 1.29 is 28.9 Å². The summed E-state index contributed by atoms with van der Waals surface area (Å²) >= 11 is 0. The number of benzene rings is 1. The number of rotatable bonds is 11. The van der Waals surface area contributed by atoms with Crippen LogP contribution in [-0.2, 0) is 27.4 Å². The molecule has 0 aliphatic carbocycles. The van der Waals surface area contributed by atoms with Crippen LogP contribution in [-0.4, -0.2) is 54.2 Å². The first-order valence-corrected chi connectivity index (χ1v) is 15.9. The maximum atomic E-state index is 11.8. The fourth-order valence-corrected chi connectivity index (χ4v) is 3.92. The molecule has 11 heteroatoms. The van der Waals surface area contributed by atoms with E-state index in [0.717, 1.165) is 11.9 Å². The highest BCUT2D eigenvalue weighted by molar-refractivity contribution is 6.76. The Bertz CT molecular complexity index is 1090. The molecule has 0 aliphatic rings. The summed E-state index contributed by atoms with van der Waals surface area (Å²) < 4.78 is 17.7. The van der Waals surface area contributed by atoms with Crippen LogP contribution in [0.5, 0.6) is 5.75 Å². The van der Waals surface area contributed by atoms with E-state index >= 15 is 0 Å². The van der Waals surface area contributed by atoms with Crippen LogP contribution < -0.4 is 10.6 Å². The van der Waals surface area contributed by atoms with Crippen LogP contribution in [0.1, 0.15) is 33.0 Å². The van der Waals surface area contributed by atoms with E-state index in [0.29, 0.717) is 43.1 Å². The summed E-state index contributed by atoms with van der Waals surface area (Å²) in [5.41, 5.74) is 0.958. The van der Waals surface area contributed by atoms with Gasteiger partial charge in [-0.1, -0.05) is 25.7 Å². The SMILES string of the molecule is COC(=O)Nc1ccc(-c2cn(COCC[Si](C)(C)C)c(CC/C=C/NC(=O)OC(C)(C)C)n2)c(O)c1.